The Hall–Kier alpha value is -3.14. The van der Waals surface area contributed by atoms with Crippen molar-refractivity contribution in [2.24, 2.45) is 0 Å². The van der Waals surface area contributed by atoms with Gasteiger partial charge in [-0.1, -0.05) is 72.8 Å². The van der Waals surface area contributed by atoms with Crippen molar-refractivity contribution in [2.45, 2.75) is 39.2 Å². The molecule has 0 atom stereocenters. The van der Waals surface area contributed by atoms with Gasteiger partial charge in [-0.25, -0.2) is 0 Å². The van der Waals surface area contributed by atoms with Crippen molar-refractivity contribution >= 4 is 16.7 Å². The molecule has 3 nitrogen and oxygen atoms in total. The first kappa shape index (κ1) is 24.0. The van der Waals surface area contributed by atoms with E-state index in [4.69, 9.17) is 0 Å². The lowest BCUT2D eigenvalue weighted by Gasteiger charge is -2.29. The Balaban J connectivity index is 1.76. The minimum atomic E-state index is 0.152. The SMILES string of the molecule is CC(C)N1CC=C(c2ccc(/C(=C(/CCCO)c3ccccc3)c3ccc(O)cc3)cc2)CC1. The molecule has 0 aromatic heterocycles. The summed E-state index contributed by atoms with van der Waals surface area (Å²) < 4.78 is 0. The molecule has 0 amide bonds. The predicted octanol–water partition coefficient (Wildman–Crippen LogP) is 6.62. The normalized spacial score (nSPS) is 15.2. The molecule has 0 spiro atoms. The van der Waals surface area contributed by atoms with Crippen molar-refractivity contribution in [3.05, 3.63) is 107 Å². The summed E-state index contributed by atoms with van der Waals surface area (Å²) in [4.78, 5) is 2.50. The van der Waals surface area contributed by atoms with Crippen molar-refractivity contribution < 1.29 is 10.2 Å². The zero-order valence-corrected chi connectivity index (χ0v) is 20.2. The zero-order valence-electron chi connectivity index (χ0n) is 20.2. The van der Waals surface area contributed by atoms with E-state index < -0.39 is 0 Å². The molecule has 0 saturated heterocycles. The summed E-state index contributed by atoms with van der Waals surface area (Å²) in [6, 6.07) is 27.3. The maximum atomic E-state index is 9.88. The third-order valence-corrected chi connectivity index (χ3v) is 6.68. The Bertz CT molecular complexity index is 1130. The van der Waals surface area contributed by atoms with Gasteiger partial charge in [0.05, 0.1) is 0 Å². The Morgan fingerprint density at radius 3 is 2.06 bits per heavy atom. The van der Waals surface area contributed by atoms with Crippen molar-refractivity contribution in [1.29, 1.82) is 0 Å². The molecule has 176 valence electrons. The van der Waals surface area contributed by atoms with E-state index in [2.05, 4.69) is 73.4 Å². The number of phenols is 1. The standard InChI is InChI=1S/C31H35NO2/c1-23(2)32-20-18-25(19-21-32)24-10-12-27(13-11-24)31(28-14-16-29(34)17-15-28)30(9-6-22-33)26-7-4-3-5-8-26/h3-5,7-8,10-18,23,33-34H,6,9,19-22H2,1-2H3/b31-30+. The molecular weight excluding hydrogens is 418 g/mol. The molecule has 3 heteroatoms. The molecule has 4 rings (SSSR count). The summed E-state index contributed by atoms with van der Waals surface area (Å²) in [5.74, 6) is 0.259. The summed E-state index contributed by atoms with van der Waals surface area (Å²) in [5.41, 5.74) is 8.42. The van der Waals surface area contributed by atoms with Crippen LogP contribution < -0.4 is 0 Å². The quantitative estimate of drug-likeness (QED) is 0.377. The van der Waals surface area contributed by atoms with Crippen LogP contribution in [0.1, 0.15) is 55.4 Å². The molecular formula is C31H35NO2. The summed E-state index contributed by atoms with van der Waals surface area (Å²) in [5, 5.41) is 19.5. The number of allylic oxidation sites excluding steroid dienone is 1. The van der Waals surface area contributed by atoms with Gasteiger partial charge in [-0.05, 0) is 84.2 Å². The Labute approximate surface area is 203 Å². The molecule has 0 aliphatic carbocycles. The number of nitrogens with zero attached hydrogens (tertiary/aromatic N) is 1. The molecule has 2 N–H and O–H groups in total. The van der Waals surface area contributed by atoms with Crippen molar-refractivity contribution in [1.82, 2.24) is 4.90 Å². The molecule has 0 unspecified atom stereocenters. The second kappa shape index (κ2) is 11.3. The highest BCUT2D eigenvalue weighted by atomic mass is 16.3. The number of hydrogen-bond acceptors (Lipinski definition) is 3. The number of aliphatic hydroxyl groups is 1. The maximum Gasteiger partial charge on any atom is 0.115 e. The molecule has 34 heavy (non-hydrogen) atoms. The first-order valence-corrected chi connectivity index (χ1v) is 12.3. The van der Waals surface area contributed by atoms with E-state index in [0.717, 1.165) is 48.2 Å². The number of aromatic hydroxyl groups is 1. The van der Waals surface area contributed by atoms with Crippen LogP contribution in [0, 0.1) is 0 Å². The van der Waals surface area contributed by atoms with Crippen LogP contribution in [-0.4, -0.2) is 40.9 Å². The fourth-order valence-electron chi connectivity index (χ4n) is 4.72. The number of phenolic OH excluding ortho intramolecular Hbond substituents is 1. The van der Waals surface area contributed by atoms with E-state index in [-0.39, 0.29) is 12.4 Å². The van der Waals surface area contributed by atoms with Crippen molar-refractivity contribution in [3.8, 4) is 5.75 Å². The molecule has 1 heterocycles. The molecule has 0 radical (unpaired) electrons. The monoisotopic (exact) mass is 453 g/mol. The predicted molar refractivity (Wildman–Crippen MR) is 143 cm³/mol. The fraction of sp³-hybridized carbons (Fsp3) is 0.290. The van der Waals surface area contributed by atoms with Gasteiger partial charge in [-0.3, -0.25) is 4.90 Å². The number of hydrogen-bond donors (Lipinski definition) is 2. The van der Waals surface area contributed by atoms with Crippen molar-refractivity contribution in [2.75, 3.05) is 19.7 Å². The molecule has 3 aromatic rings. The van der Waals surface area contributed by atoms with Crippen LogP contribution in [0.4, 0.5) is 0 Å². The van der Waals surface area contributed by atoms with Crippen LogP contribution in [-0.2, 0) is 0 Å². The molecule has 0 saturated carbocycles. The Kier molecular flexibility index (Phi) is 7.99. The summed E-state index contributed by atoms with van der Waals surface area (Å²) >= 11 is 0. The van der Waals surface area contributed by atoms with E-state index in [1.807, 2.05) is 18.2 Å². The van der Waals surface area contributed by atoms with E-state index in [1.54, 1.807) is 12.1 Å². The average molecular weight is 454 g/mol. The van der Waals surface area contributed by atoms with E-state index in [0.29, 0.717) is 12.5 Å². The molecule has 1 aliphatic heterocycles. The molecule has 1 aliphatic rings. The van der Waals surface area contributed by atoms with Crippen molar-refractivity contribution in [3.63, 3.8) is 0 Å². The Morgan fingerprint density at radius 2 is 1.50 bits per heavy atom. The third-order valence-electron chi connectivity index (χ3n) is 6.68. The average Bonchev–Trinajstić information content (AvgIpc) is 2.88. The van der Waals surface area contributed by atoms with Crippen LogP contribution in [0.5, 0.6) is 5.75 Å². The van der Waals surface area contributed by atoms with E-state index >= 15 is 0 Å². The van der Waals surface area contributed by atoms with Gasteiger partial charge in [0, 0.05) is 25.7 Å². The zero-order chi connectivity index (χ0) is 23.9. The van der Waals surface area contributed by atoms with Gasteiger partial charge in [0.15, 0.2) is 0 Å². The van der Waals surface area contributed by atoms with Gasteiger partial charge in [0.1, 0.15) is 5.75 Å². The van der Waals surface area contributed by atoms with E-state index in [1.165, 1.54) is 16.7 Å². The summed E-state index contributed by atoms with van der Waals surface area (Å²) in [6.45, 7) is 6.77. The maximum absolute atomic E-state index is 9.88. The van der Waals surface area contributed by atoms with Gasteiger partial charge in [0.2, 0.25) is 0 Å². The number of rotatable bonds is 8. The molecule has 0 fully saturated rings. The van der Waals surface area contributed by atoms with Gasteiger partial charge < -0.3 is 10.2 Å². The number of aliphatic hydroxyl groups excluding tert-OH is 1. The van der Waals surface area contributed by atoms with Gasteiger partial charge >= 0.3 is 0 Å². The fourth-order valence-corrected chi connectivity index (χ4v) is 4.72. The van der Waals surface area contributed by atoms with Gasteiger partial charge in [-0.2, -0.15) is 0 Å². The Morgan fingerprint density at radius 1 is 0.853 bits per heavy atom. The first-order chi connectivity index (χ1) is 16.6. The lowest BCUT2D eigenvalue weighted by Crippen LogP contribution is -2.34. The first-order valence-electron chi connectivity index (χ1n) is 12.3. The van der Waals surface area contributed by atoms with Crippen LogP contribution in [0.3, 0.4) is 0 Å². The lowest BCUT2D eigenvalue weighted by atomic mass is 9.86. The highest BCUT2D eigenvalue weighted by Crippen LogP contribution is 2.36. The molecule has 3 aromatic carbocycles. The van der Waals surface area contributed by atoms with Gasteiger partial charge in [-0.15, -0.1) is 0 Å². The van der Waals surface area contributed by atoms with Crippen LogP contribution in [0.25, 0.3) is 16.7 Å². The second-order valence-corrected chi connectivity index (χ2v) is 9.24. The van der Waals surface area contributed by atoms with E-state index in [9.17, 15) is 10.2 Å². The van der Waals surface area contributed by atoms with Crippen LogP contribution >= 0.6 is 0 Å². The summed E-state index contributed by atoms with van der Waals surface area (Å²) in [7, 11) is 0. The molecule has 0 bridgehead atoms. The highest BCUT2D eigenvalue weighted by molar-refractivity contribution is 5.98. The minimum absolute atomic E-state index is 0.152. The third kappa shape index (κ3) is 5.67. The smallest absolute Gasteiger partial charge is 0.115 e. The van der Waals surface area contributed by atoms with Gasteiger partial charge in [0.25, 0.3) is 0 Å². The summed E-state index contributed by atoms with van der Waals surface area (Å²) in [6.07, 6.45) is 4.91. The largest absolute Gasteiger partial charge is 0.508 e. The minimum Gasteiger partial charge on any atom is -0.508 e. The second-order valence-electron chi connectivity index (χ2n) is 9.24. The highest BCUT2D eigenvalue weighted by Gasteiger charge is 2.17. The number of benzene rings is 3. The van der Waals surface area contributed by atoms with Crippen LogP contribution in [0.2, 0.25) is 0 Å². The van der Waals surface area contributed by atoms with Crippen LogP contribution in [0.15, 0.2) is 84.9 Å². The topological polar surface area (TPSA) is 43.7 Å². The lowest BCUT2D eigenvalue weighted by molar-refractivity contribution is 0.245.